The third-order valence-electron chi connectivity index (χ3n) is 9.11. The van der Waals surface area contributed by atoms with Gasteiger partial charge in [-0.1, -0.05) is 115 Å². The average Bonchev–Trinajstić information content (AvgIpc) is 3.13. The van der Waals surface area contributed by atoms with Gasteiger partial charge in [-0.25, -0.2) is 0 Å². The van der Waals surface area contributed by atoms with Gasteiger partial charge in [-0.15, -0.1) is 0 Å². The van der Waals surface area contributed by atoms with E-state index < -0.39 is 5.72 Å². The first-order valence-electron chi connectivity index (χ1n) is 15.9. The van der Waals surface area contributed by atoms with Gasteiger partial charge in [0.1, 0.15) is 5.75 Å². The lowest BCUT2D eigenvalue weighted by Crippen LogP contribution is -2.59. The third kappa shape index (κ3) is 6.72. The number of hydrogen-bond acceptors (Lipinski definition) is 4. The summed E-state index contributed by atoms with van der Waals surface area (Å²) in [6.45, 7) is 7.70. The lowest BCUT2D eigenvalue weighted by atomic mass is 9.76. The van der Waals surface area contributed by atoms with E-state index in [-0.39, 0.29) is 16.0 Å². The van der Waals surface area contributed by atoms with Crippen LogP contribution in [0.3, 0.4) is 0 Å². The Labute approximate surface area is 242 Å². The Hall–Kier alpha value is -2.82. The number of nitro groups is 1. The molecule has 0 amide bonds. The largest absolute Gasteiger partial charge is 0.463 e. The number of unbranched alkanes of at least 4 members (excludes halogenated alkanes) is 14. The van der Waals surface area contributed by atoms with Crippen LogP contribution in [0.4, 0.5) is 11.4 Å². The Balaban J connectivity index is 1.26. The molecular formula is C35H50N2O3. The zero-order chi connectivity index (χ0) is 28.4. The fourth-order valence-corrected chi connectivity index (χ4v) is 6.63. The van der Waals surface area contributed by atoms with Crippen molar-refractivity contribution in [1.29, 1.82) is 0 Å². The van der Waals surface area contributed by atoms with Crippen molar-refractivity contribution in [2.24, 2.45) is 0 Å². The number of nitro benzene ring substituents is 1. The van der Waals surface area contributed by atoms with Crippen LogP contribution in [0.5, 0.6) is 5.75 Å². The molecule has 2 aliphatic rings. The molecule has 5 nitrogen and oxygen atoms in total. The number of anilines is 1. The summed E-state index contributed by atoms with van der Waals surface area (Å²) in [5.74, 6) is 0.704. The highest BCUT2D eigenvalue weighted by Gasteiger charge is 2.58. The summed E-state index contributed by atoms with van der Waals surface area (Å²) in [6.07, 6.45) is 24.5. The number of hydrogen-bond donors (Lipinski definition) is 0. The standard InChI is InChI=1S/C35H50N2O3/c1-4-5-6-7-8-9-10-11-12-13-14-15-16-17-20-27-36-32-22-19-18-21-31(32)34(2,3)35(36)26-25-29-28-30(37(38)39)23-24-33(29)40-35/h18-19,21-26,28H,4-17,20,27H2,1-3H3. The predicted molar refractivity (Wildman–Crippen MR) is 167 cm³/mol. The summed E-state index contributed by atoms with van der Waals surface area (Å²) in [4.78, 5) is 13.4. The molecule has 2 aromatic rings. The monoisotopic (exact) mass is 546 g/mol. The molecular weight excluding hydrogens is 496 g/mol. The third-order valence-corrected chi connectivity index (χ3v) is 9.11. The molecule has 0 N–H and O–H groups in total. The molecule has 0 radical (unpaired) electrons. The Morgan fingerprint density at radius 3 is 1.98 bits per heavy atom. The van der Waals surface area contributed by atoms with Crippen molar-refractivity contribution in [3.05, 3.63) is 69.8 Å². The van der Waals surface area contributed by atoms with Crippen molar-refractivity contribution in [2.75, 3.05) is 11.4 Å². The van der Waals surface area contributed by atoms with Crippen LogP contribution in [0.25, 0.3) is 6.08 Å². The zero-order valence-electron chi connectivity index (χ0n) is 25.1. The molecule has 1 spiro atoms. The predicted octanol–water partition coefficient (Wildman–Crippen LogP) is 10.4. The number of nitrogens with zero attached hydrogens (tertiary/aromatic N) is 2. The van der Waals surface area contributed by atoms with E-state index in [1.807, 2.05) is 6.08 Å². The van der Waals surface area contributed by atoms with Crippen LogP contribution in [-0.2, 0) is 5.41 Å². The van der Waals surface area contributed by atoms with E-state index >= 15 is 0 Å². The molecule has 0 aromatic heterocycles. The highest BCUT2D eigenvalue weighted by Crippen LogP contribution is 2.55. The van der Waals surface area contributed by atoms with E-state index in [4.69, 9.17) is 4.74 Å². The lowest BCUT2D eigenvalue weighted by Gasteiger charge is -2.47. The molecule has 2 aromatic carbocycles. The zero-order valence-corrected chi connectivity index (χ0v) is 25.1. The minimum atomic E-state index is -0.657. The van der Waals surface area contributed by atoms with Gasteiger partial charge < -0.3 is 9.64 Å². The van der Waals surface area contributed by atoms with Crippen LogP contribution in [0, 0.1) is 10.1 Å². The van der Waals surface area contributed by atoms with Gasteiger partial charge in [-0.05, 0) is 50.1 Å². The molecule has 0 aliphatic carbocycles. The van der Waals surface area contributed by atoms with Crippen LogP contribution in [0.1, 0.15) is 128 Å². The van der Waals surface area contributed by atoms with Gasteiger partial charge in [0.05, 0.1) is 10.3 Å². The molecule has 0 fully saturated rings. The number of benzene rings is 2. The maximum absolute atomic E-state index is 11.3. The fraction of sp³-hybridized carbons (Fsp3) is 0.600. The van der Waals surface area contributed by atoms with E-state index in [0.29, 0.717) is 5.75 Å². The summed E-state index contributed by atoms with van der Waals surface area (Å²) < 4.78 is 6.82. The van der Waals surface area contributed by atoms with Gasteiger partial charge in [0, 0.05) is 29.9 Å². The van der Waals surface area contributed by atoms with Crippen molar-refractivity contribution in [3.63, 3.8) is 0 Å². The molecule has 1 unspecified atom stereocenters. The van der Waals surface area contributed by atoms with Gasteiger partial charge >= 0.3 is 0 Å². The minimum Gasteiger partial charge on any atom is -0.463 e. The van der Waals surface area contributed by atoms with Crippen molar-refractivity contribution in [1.82, 2.24) is 0 Å². The van der Waals surface area contributed by atoms with Crippen LogP contribution < -0.4 is 9.64 Å². The summed E-state index contributed by atoms with van der Waals surface area (Å²) in [5.41, 5.74) is 2.43. The first-order chi connectivity index (χ1) is 19.4. The average molecular weight is 547 g/mol. The molecule has 0 bridgehead atoms. The van der Waals surface area contributed by atoms with Gasteiger partial charge in [-0.3, -0.25) is 10.1 Å². The maximum atomic E-state index is 11.3. The molecule has 2 aliphatic heterocycles. The maximum Gasteiger partial charge on any atom is 0.270 e. The second-order valence-corrected chi connectivity index (χ2v) is 12.4. The number of para-hydroxylation sites is 1. The van der Waals surface area contributed by atoms with Gasteiger partial charge in [0.25, 0.3) is 5.69 Å². The molecule has 1 atom stereocenters. The Kier molecular flexibility index (Phi) is 10.7. The Morgan fingerprint density at radius 1 is 0.800 bits per heavy atom. The van der Waals surface area contributed by atoms with Crippen LogP contribution >= 0.6 is 0 Å². The molecule has 5 heteroatoms. The van der Waals surface area contributed by atoms with Gasteiger partial charge in [0.2, 0.25) is 5.72 Å². The first-order valence-corrected chi connectivity index (χ1v) is 15.9. The smallest absolute Gasteiger partial charge is 0.270 e. The molecule has 218 valence electrons. The van der Waals surface area contributed by atoms with Crippen molar-refractivity contribution >= 4 is 17.5 Å². The number of rotatable bonds is 17. The van der Waals surface area contributed by atoms with E-state index in [1.165, 1.54) is 101 Å². The van der Waals surface area contributed by atoms with E-state index in [0.717, 1.165) is 18.5 Å². The molecule has 0 saturated heterocycles. The summed E-state index contributed by atoms with van der Waals surface area (Å²) in [6, 6.07) is 13.5. The lowest BCUT2D eigenvalue weighted by molar-refractivity contribution is -0.384. The number of fused-ring (bicyclic) bond motifs is 2. The minimum absolute atomic E-state index is 0.0894. The van der Waals surface area contributed by atoms with Crippen LogP contribution in [-0.4, -0.2) is 17.2 Å². The molecule has 40 heavy (non-hydrogen) atoms. The van der Waals surface area contributed by atoms with Crippen LogP contribution in [0.2, 0.25) is 0 Å². The highest BCUT2D eigenvalue weighted by molar-refractivity contribution is 5.73. The highest BCUT2D eigenvalue weighted by atomic mass is 16.6. The molecule has 2 heterocycles. The Morgan fingerprint density at radius 2 is 1.38 bits per heavy atom. The van der Waals surface area contributed by atoms with Gasteiger partial charge in [-0.2, -0.15) is 0 Å². The van der Waals surface area contributed by atoms with Crippen molar-refractivity contribution < 1.29 is 9.66 Å². The summed E-state index contributed by atoms with van der Waals surface area (Å²) in [5, 5.41) is 11.3. The van der Waals surface area contributed by atoms with Crippen molar-refractivity contribution in [2.45, 2.75) is 128 Å². The first kappa shape index (κ1) is 30.1. The summed E-state index contributed by atoms with van der Waals surface area (Å²) >= 11 is 0. The number of ether oxygens (including phenoxy) is 1. The van der Waals surface area contributed by atoms with Gasteiger partial charge in [0.15, 0.2) is 0 Å². The quantitative estimate of drug-likeness (QED) is 0.112. The van der Waals surface area contributed by atoms with E-state index in [2.05, 4.69) is 56.0 Å². The molecule has 4 rings (SSSR count). The fourth-order valence-electron chi connectivity index (χ4n) is 6.63. The van der Waals surface area contributed by atoms with Crippen molar-refractivity contribution in [3.8, 4) is 5.75 Å². The topological polar surface area (TPSA) is 55.6 Å². The SMILES string of the molecule is CCCCCCCCCCCCCCCCCN1c2ccccc2C(C)(C)C12C=Cc1cc([N+](=O)[O-])ccc1O2. The number of non-ortho nitro benzene ring substituents is 1. The Bertz CT molecular complexity index is 1140. The second kappa shape index (κ2) is 14.2. The second-order valence-electron chi connectivity index (χ2n) is 12.4. The molecule has 0 saturated carbocycles. The summed E-state index contributed by atoms with van der Waals surface area (Å²) in [7, 11) is 0. The van der Waals surface area contributed by atoms with E-state index in [9.17, 15) is 10.1 Å². The van der Waals surface area contributed by atoms with E-state index in [1.54, 1.807) is 18.2 Å². The normalized spacial score (nSPS) is 18.5. The van der Waals surface area contributed by atoms with Crippen LogP contribution in [0.15, 0.2) is 48.5 Å².